The van der Waals surface area contributed by atoms with Crippen molar-refractivity contribution in [2.75, 3.05) is 7.11 Å². The molecule has 7 nitrogen and oxygen atoms in total. The number of rotatable bonds is 5. The van der Waals surface area contributed by atoms with Crippen LogP contribution < -0.4 is 9.47 Å². The van der Waals surface area contributed by atoms with Crippen LogP contribution in [0.25, 0.3) is 20.8 Å². The summed E-state index contributed by atoms with van der Waals surface area (Å²) in [4.78, 5) is 27.3. The average Bonchev–Trinajstić information content (AvgIpc) is 3.17. The molecule has 3 aromatic carbocycles. The average molecular weight is 424 g/mol. The van der Waals surface area contributed by atoms with Crippen molar-refractivity contribution in [1.82, 2.24) is 4.98 Å². The molecule has 0 aliphatic heterocycles. The maximum atomic E-state index is 13.4. The number of ether oxygens (including phenoxy) is 2. The Morgan fingerprint density at radius 2 is 1.93 bits per heavy atom. The second-order valence-electron chi connectivity index (χ2n) is 6.19. The van der Waals surface area contributed by atoms with E-state index in [1.165, 1.54) is 48.8 Å². The molecule has 0 aliphatic carbocycles. The van der Waals surface area contributed by atoms with Crippen LogP contribution in [-0.4, -0.2) is 23.0 Å². The number of nitro benzene ring substituents is 1. The Bertz CT molecular complexity index is 1290. The third-order valence-electron chi connectivity index (χ3n) is 4.26. The first kappa shape index (κ1) is 19.5. The van der Waals surface area contributed by atoms with Crippen LogP contribution in [0.1, 0.15) is 10.4 Å². The van der Waals surface area contributed by atoms with Crippen LogP contribution in [0, 0.1) is 15.9 Å². The molecule has 4 rings (SSSR count). The van der Waals surface area contributed by atoms with Gasteiger partial charge in [0.25, 0.3) is 5.69 Å². The number of hydrogen-bond donors (Lipinski definition) is 0. The van der Waals surface area contributed by atoms with Crippen molar-refractivity contribution in [1.29, 1.82) is 0 Å². The Kier molecular flexibility index (Phi) is 5.11. The van der Waals surface area contributed by atoms with E-state index >= 15 is 0 Å². The summed E-state index contributed by atoms with van der Waals surface area (Å²) in [6.45, 7) is 0. The first-order chi connectivity index (χ1) is 14.4. The number of halogens is 1. The van der Waals surface area contributed by atoms with Crippen LogP contribution in [0.3, 0.4) is 0 Å². The number of thiazole rings is 1. The molecule has 0 saturated heterocycles. The van der Waals surface area contributed by atoms with Crippen molar-refractivity contribution in [3.63, 3.8) is 0 Å². The summed E-state index contributed by atoms with van der Waals surface area (Å²) in [5.74, 6) is -0.692. The number of carbonyl (C=O) groups excluding carboxylic acids is 1. The van der Waals surface area contributed by atoms with E-state index in [2.05, 4.69) is 4.98 Å². The molecule has 0 bridgehead atoms. The van der Waals surface area contributed by atoms with Crippen LogP contribution in [0.5, 0.6) is 11.5 Å². The lowest BCUT2D eigenvalue weighted by molar-refractivity contribution is -0.384. The fraction of sp³-hybridized carbons (Fsp3) is 0.0476. The largest absolute Gasteiger partial charge is 0.493 e. The molecule has 0 N–H and O–H groups in total. The zero-order chi connectivity index (χ0) is 21.3. The Hall–Kier alpha value is -3.85. The summed E-state index contributed by atoms with van der Waals surface area (Å²) in [6, 6.07) is 14.6. The third-order valence-corrected chi connectivity index (χ3v) is 5.34. The summed E-state index contributed by atoms with van der Waals surface area (Å²) in [7, 11) is 1.43. The number of carbonyl (C=O) groups is 1. The summed E-state index contributed by atoms with van der Waals surface area (Å²) in [5.41, 5.74) is 0.999. The molecular weight excluding hydrogens is 411 g/mol. The molecule has 1 heterocycles. The molecule has 0 saturated carbocycles. The Balaban J connectivity index is 1.68. The number of benzene rings is 3. The van der Waals surface area contributed by atoms with Crippen LogP contribution >= 0.6 is 11.3 Å². The van der Waals surface area contributed by atoms with E-state index in [4.69, 9.17) is 9.47 Å². The van der Waals surface area contributed by atoms with E-state index in [0.717, 1.165) is 10.8 Å². The van der Waals surface area contributed by atoms with Crippen molar-refractivity contribution in [3.8, 4) is 22.1 Å². The maximum Gasteiger partial charge on any atom is 0.343 e. The number of aromatic nitrogens is 1. The van der Waals surface area contributed by atoms with E-state index < -0.39 is 10.9 Å². The lowest BCUT2D eigenvalue weighted by Crippen LogP contribution is -2.09. The first-order valence-corrected chi connectivity index (χ1v) is 9.47. The van der Waals surface area contributed by atoms with Gasteiger partial charge in [-0.3, -0.25) is 10.1 Å². The van der Waals surface area contributed by atoms with Gasteiger partial charge in [0.05, 0.1) is 27.8 Å². The van der Waals surface area contributed by atoms with Gasteiger partial charge in [0.2, 0.25) is 0 Å². The summed E-state index contributed by atoms with van der Waals surface area (Å²) < 4.78 is 25.0. The van der Waals surface area contributed by atoms with Crippen LogP contribution in [0.2, 0.25) is 0 Å². The van der Waals surface area contributed by atoms with Gasteiger partial charge in [-0.25, -0.2) is 14.2 Å². The molecule has 0 amide bonds. The number of methoxy groups -OCH3 is 1. The highest BCUT2D eigenvalue weighted by Crippen LogP contribution is 2.36. The predicted octanol–water partition coefficient (Wildman–Crippen LogP) is 5.24. The lowest BCUT2D eigenvalue weighted by Gasteiger charge is -2.10. The topological polar surface area (TPSA) is 91.6 Å². The molecule has 4 aromatic rings. The smallest absolute Gasteiger partial charge is 0.343 e. The van der Waals surface area contributed by atoms with Gasteiger partial charge >= 0.3 is 5.97 Å². The van der Waals surface area contributed by atoms with E-state index in [9.17, 15) is 19.3 Å². The first-order valence-electron chi connectivity index (χ1n) is 8.66. The fourth-order valence-electron chi connectivity index (χ4n) is 2.82. The number of nitro groups is 1. The molecule has 150 valence electrons. The van der Waals surface area contributed by atoms with Gasteiger partial charge in [-0.2, -0.15) is 0 Å². The minimum Gasteiger partial charge on any atom is -0.493 e. The molecular formula is C21H13FN2O5S. The number of esters is 1. The zero-order valence-corrected chi connectivity index (χ0v) is 16.3. The molecule has 30 heavy (non-hydrogen) atoms. The fourth-order valence-corrected chi connectivity index (χ4v) is 3.76. The number of nitrogens with zero attached hydrogens (tertiary/aromatic N) is 2. The quantitative estimate of drug-likeness (QED) is 0.188. The predicted molar refractivity (Wildman–Crippen MR) is 110 cm³/mol. The third kappa shape index (κ3) is 3.83. The van der Waals surface area contributed by atoms with Gasteiger partial charge in [-0.1, -0.05) is 6.07 Å². The molecule has 0 radical (unpaired) electrons. The van der Waals surface area contributed by atoms with Crippen LogP contribution in [-0.2, 0) is 0 Å². The van der Waals surface area contributed by atoms with E-state index in [-0.39, 0.29) is 22.8 Å². The SMILES string of the molecule is COc1ccc(-c2nc3cc(F)ccc3s2)cc1OC(=O)c1cccc([N+](=O)[O-])c1. The monoisotopic (exact) mass is 424 g/mol. The molecule has 0 atom stereocenters. The Morgan fingerprint density at radius 3 is 2.70 bits per heavy atom. The second-order valence-corrected chi connectivity index (χ2v) is 7.22. The minimum absolute atomic E-state index is 0.0344. The summed E-state index contributed by atoms with van der Waals surface area (Å²) in [5, 5.41) is 11.6. The van der Waals surface area contributed by atoms with Gasteiger partial charge in [-0.05, 0) is 36.4 Å². The van der Waals surface area contributed by atoms with Crippen molar-refractivity contribution in [2.24, 2.45) is 0 Å². The summed E-state index contributed by atoms with van der Waals surface area (Å²) in [6.07, 6.45) is 0. The normalized spacial score (nSPS) is 10.7. The molecule has 0 aliphatic rings. The molecule has 1 aromatic heterocycles. The molecule has 0 fully saturated rings. The van der Waals surface area contributed by atoms with Crippen molar-refractivity contribution >= 4 is 33.2 Å². The highest BCUT2D eigenvalue weighted by Gasteiger charge is 2.17. The van der Waals surface area contributed by atoms with Gasteiger partial charge in [0, 0.05) is 23.8 Å². The van der Waals surface area contributed by atoms with Crippen LogP contribution in [0.4, 0.5) is 10.1 Å². The maximum absolute atomic E-state index is 13.4. The second kappa shape index (κ2) is 7.88. The van der Waals surface area contributed by atoms with E-state index in [1.54, 1.807) is 24.3 Å². The number of fused-ring (bicyclic) bond motifs is 1. The standard InChI is InChI=1S/C21H13FN2O5S/c1-28-17-7-5-12(20-23-16-11-14(22)6-8-19(16)30-20)10-18(17)29-21(25)13-3-2-4-15(9-13)24(26)27/h2-11H,1H3. The van der Waals surface area contributed by atoms with Gasteiger partial charge in [-0.15, -0.1) is 11.3 Å². The number of non-ortho nitro benzene ring substituents is 1. The minimum atomic E-state index is -0.763. The van der Waals surface area contributed by atoms with Gasteiger partial charge < -0.3 is 9.47 Å². The van der Waals surface area contributed by atoms with E-state index in [0.29, 0.717) is 21.8 Å². The van der Waals surface area contributed by atoms with Crippen molar-refractivity contribution in [2.45, 2.75) is 0 Å². The highest BCUT2D eigenvalue weighted by atomic mass is 32.1. The van der Waals surface area contributed by atoms with Gasteiger partial charge in [0.15, 0.2) is 11.5 Å². The van der Waals surface area contributed by atoms with Crippen molar-refractivity contribution in [3.05, 3.63) is 82.2 Å². The van der Waals surface area contributed by atoms with Crippen molar-refractivity contribution < 1.29 is 23.6 Å². The van der Waals surface area contributed by atoms with Crippen LogP contribution in [0.15, 0.2) is 60.7 Å². The Labute approximate surface area is 173 Å². The molecule has 0 spiro atoms. The lowest BCUT2D eigenvalue weighted by atomic mass is 10.2. The zero-order valence-electron chi connectivity index (χ0n) is 15.5. The molecule has 9 heteroatoms. The molecule has 0 unspecified atom stereocenters. The summed E-state index contributed by atoms with van der Waals surface area (Å²) >= 11 is 1.37. The van der Waals surface area contributed by atoms with E-state index in [1.807, 2.05) is 0 Å². The van der Waals surface area contributed by atoms with Gasteiger partial charge in [0.1, 0.15) is 10.8 Å². The number of hydrogen-bond acceptors (Lipinski definition) is 7. The highest BCUT2D eigenvalue weighted by molar-refractivity contribution is 7.21. The Morgan fingerprint density at radius 1 is 1.10 bits per heavy atom.